The lowest BCUT2D eigenvalue weighted by atomic mass is 10.1. The number of carboxylic acid groups (broad SMARTS) is 1. The van der Waals surface area contributed by atoms with Crippen LogP contribution >= 0.6 is 0 Å². The zero-order valence-corrected chi connectivity index (χ0v) is 17.8. The Balaban J connectivity index is 1.76. The number of anilines is 2. The predicted octanol–water partition coefficient (Wildman–Crippen LogP) is 5.59. The Morgan fingerprint density at radius 2 is 1.91 bits per heavy atom. The van der Waals surface area contributed by atoms with Gasteiger partial charge >= 0.3 is 5.97 Å². The van der Waals surface area contributed by atoms with Crippen LogP contribution in [0, 0.1) is 5.82 Å². The number of halogens is 1. The van der Waals surface area contributed by atoms with E-state index in [0.717, 1.165) is 31.2 Å². The Bertz CT molecular complexity index is 1070. The zero-order valence-electron chi connectivity index (χ0n) is 17.8. The second-order valence-corrected chi connectivity index (χ2v) is 7.75. The fraction of sp³-hybridized carbons (Fsp3) is 0.280. The number of rotatable bonds is 8. The van der Waals surface area contributed by atoms with Gasteiger partial charge in [0.05, 0.1) is 24.5 Å². The molecule has 0 aliphatic heterocycles. The van der Waals surface area contributed by atoms with Gasteiger partial charge in [0.25, 0.3) is 0 Å². The van der Waals surface area contributed by atoms with Crippen LogP contribution in [0.15, 0.2) is 60.9 Å². The van der Waals surface area contributed by atoms with Crippen molar-refractivity contribution in [2.24, 2.45) is 0 Å². The first-order chi connectivity index (χ1) is 15.6. The van der Waals surface area contributed by atoms with Crippen LogP contribution in [0.25, 0.3) is 0 Å². The second kappa shape index (κ2) is 9.68. The molecule has 1 heterocycles. The summed E-state index contributed by atoms with van der Waals surface area (Å²) in [6.07, 6.45) is 7.28. The topological polar surface area (TPSA) is 71.9 Å². The van der Waals surface area contributed by atoms with E-state index in [2.05, 4.69) is 4.98 Å². The number of pyridine rings is 1. The van der Waals surface area contributed by atoms with E-state index in [-0.39, 0.29) is 17.4 Å². The highest BCUT2D eigenvalue weighted by molar-refractivity contribution is 5.88. The lowest BCUT2D eigenvalue weighted by Crippen LogP contribution is -2.20. The fourth-order valence-electron chi connectivity index (χ4n) is 3.95. The number of benzene rings is 2. The molecule has 0 atom stereocenters. The van der Waals surface area contributed by atoms with E-state index in [0.29, 0.717) is 23.7 Å². The molecule has 1 aliphatic carbocycles. The summed E-state index contributed by atoms with van der Waals surface area (Å²) in [6, 6.07) is 13.4. The molecule has 1 fully saturated rings. The maximum atomic E-state index is 15.9. The van der Waals surface area contributed by atoms with Crippen LogP contribution in [0.2, 0.25) is 0 Å². The van der Waals surface area contributed by atoms with Gasteiger partial charge in [0.2, 0.25) is 0 Å². The Morgan fingerprint density at radius 1 is 1.16 bits per heavy atom. The van der Waals surface area contributed by atoms with Gasteiger partial charge in [-0.1, -0.05) is 6.07 Å². The van der Waals surface area contributed by atoms with Crippen molar-refractivity contribution >= 4 is 17.3 Å². The summed E-state index contributed by atoms with van der Waals surface area (Å²) in [5.41, 5.74) is 2.00. The molecule has 2 aromatic carbocycles. The standard InChI is InChI=1S/C25H25FN2O4/c1-31-22-13-12-21(23(26)24(22)32-20-6-2-3-7-20)28(16-17-5-4-14-27-15-17)19-10-8-18(9-11-19)25(29)30/h4-5,8-15,20H,2-3,6-7,16H2,1H3,(H,29,30). The lowest BCUT2D eigenvalue weighted by molar-refractivity contribution is 0.0697. The van der Waals surface area contributed by atoms with E-state index < -0.39 is 11.8 Å². The maximum absolute atomic E-state index is 15.9. The second-order valence-electron chi connectivity index (χ2n) is 7.75. The molecule has 1 aromatic heterocycles. The van der Waals surface area contributed by atoms with Crippen molar-refractivity contribution in [3.8, 4) is 11.5 Å². The van der Waals surface area contributed by atoms with Gasteiger partial charge in [-0.3, -0.25) is 4.98 Å². The summed E-state index contributed by atoms with van der Waals surface area (Å²) in [5.74, 6) is -1.07. The van der Waals surface area contributed by atoms with Crippen LogP contribution < -0.4 is 14.4 Å². The zero-order chi connectivity index (χ0) is 22.5. The van der Waals surface area contributed by atoms with Crippen molar-refractivity contribution in [3.63, 3.8) is 0 Å². The average Bonchev–Trinajstić information content (AvgIpc) is 3.33. The van der Waals surface area contributed by atoms with Crippen molar-refractivity contribution in [1.29, 1.82) is 0 Å². The molecule has 166 valence electrons. The van der Waals surface area contributed by atoms with Crippen molar-refractivity contribution in [1.82, 2.24) is 4.98 Å². The number of aromatic nitrogens is 1. The molecule has 0 radical (unpaired) electrons. The minimum atomic E-state index is -1.02. The molecule has 1 N–H and O–H groups in total. The van der Waals surface area contributed by atoms with E-state index in [9.17, 15) is 9.90 Å². The number of aromatic carboxylic acids is 1. The summed E-state index contributed by atoms with van der Waals surface area (Å²) in [5, 5.41) is 9.23. The molecule has 7 heteroatoms. The van der Waals surface area contributed by atoms with Crippen LogP contribution in [-0.4, -0.2) is 29.3 Å². The van der Waals surface area contributed by atoms with Crippen LogP contribution in [0.3, 0.4) is 0 Å². The van der Waals surface area contributed by atoms with Crippen molar-refractivity contribution in [2.45, 2.75) is 38.3 Å². The van der Waals surface area contributed by atoms with E-state index in [1.54, 1.807) is 41.6 Å². The van der Waals surface area contributed by atoms with Gasteiger partial charge in [-0.2, -0.15) is 0 Å². The highest BCUT2D eigenvalue weighted by Gasteiger charge is 2.25. The van der Waals surface area contributed by atoms with Gasteiger partial charge < -0.3 is 19.5 Å². The lowest BCUT2D eigenvalue weighted by Gasteiger charge is -2.27. The third-order valence-electron chi connectivity index (χ3n) is 5.63. The molecule has 1 aliphatic rings. The first kappa shape index (κ1) is 21.6. The first-order valence-electron chi connectivity index (χ1n) is 10.6. The van der Waals surface area contributed by atoms with Gasteiger partial charge in [0, 0.05) is 24.6 Å². The largest absolute Gasteiger partial charge is 0.493 e. The summed E-state index contributed by atoms with van der Waals surface area (Å²) in [4.78, 5) is 17.2. The minimum Gasteiger partial charge on any atom is -0.493 e. The van der Waals surface area contributed by atoms with Crippen molar-refractivity contribution in [2.75, 3.05) is 12.0 Å². The third-order valence-corrected chi connectivity index (χ3v) is 5.63. The highest BCUT2D eigenvalue weighted by atomic mass is 19.1. The van der Waals surface area contributed by atoms with Gasteiger partial charge in [-0.25, -0.2) is 9.18 Å². The molecule has 0 saturated heterocycles. The molecule has 1 saturated carbocycles. The normalized spacial score (nSPS) is 13.7. The third kappa shape index (κ3) is 4.66. The molecule has 4 rings (SSSR count). The molecule has 0 amide bonds. The fourth-order valence-corrected chi connectivity index (χ4v) is 3.95. The molecular formula is C25H25FN2O4. The Labute approximate surface area is 186 Å². The van der Waals surface area contributed by atoms with Gasteiger partial charge in [-0.15, -0.1) is 0 Å². The number of methoxy groups -OCH3 is 1. The molecule has 3 aromatic rings. The van der Waals surface area contributed by atoms with Gasteiger partial charge in [0.1, 0.15) is 0 Å². The van der Waals surface area contributed by atoms with Gasteiger partial charge in [0.15, 0.2) is 17.3 Å². The quantitative estimate of drug-likeness (QED) is 0.497. The highest BCUT2D eigenvalue weighted by Crippen LogP contribution is 2.41. The van der Waals surface area contributed by atoms with Crippen molar-refractivity contribution < 1.29 is 23.8 Å². The summed E-state index contributed by atoms with van der Waals surface area (Å²) < 4.78 is 27.3. The number of carbonyl (C=O) groups is 1. The average molecular weight is 436 g/mol. The first-order valence-corrected chi connectivity index (χ1v) is 10.6. The number of hydrogen-bond acceptors (Lipinski definition) is 5. The number of ether oxygens (including phenoxy) is 2. The number of hydrogen-bond donors (Lipinski definition) is 1. The molecule has 32 heavy (non-hydrogen) atoms. The Kier molecular flexibility index (Phi) is 6.54. The van der Waals surface area contributed by atoms with Crippen molar-refractivity contribution in [3.05, 3.63) is 77.9 Å². The molecule has 0 bridgehead atoms. The Morgan fingerprint density at radius 3 is 2.53 bits per heavy atom. The monoisotopic (exact) mass is 436 g/mol. The number of nitrogens with zero attached hydrogens (tertiary/aromatic N) is 2. The van der Waals surface area contributed by atoms with E-state index in [4.69, 9.17) is 9.47 Å². The van der Waals surface area contributed by atoms with Crippen LogP contribution in [0.4, 0.5) is 15.8 Å². The SMILES string of the molecule is COc1ccc(N(Cc2cccnc2)c2ccc(C(=O)O)cc2)c(F)c1OC1CCCC1. The summed E-state index contributed by atoms with van der Waals surface area (Å²) in [6.45, 7) is 0.340. The molecular weight excluding hydrogens is 411 g/mol. The molecule has 6 nitrogen and oxygen atoms in total. The summed E-state index contributed by atoms with van der Waals surface area (Å²) in [7, 11) is 1.49. The number of carboxylic acids is 1. The van der Waals surface area contributed by atoms with Crippen LogP contribution in [0.1, 0.15) is 41.6 Å². The molecule has 0 unspecified atom stereocenters. The van der Waals surface area contributed by atoms with E-state index >= 15 is 4.39 Å². The summed E-state index contributed by atoms with van der Waals surface area (Å²) >= 11 is 0. The van der Waals surface area contributed by atoms with Crippen LogP contribution in [-0.2, 0) is 6.54 Å². The Hall–Kier alpha value is -3.61. The van der Waals surface area contributed by atoms with E-state index in [1.807, 2.05) is 12.1 Å². The van der Waals surface area contributed by atoms with E-state index in [1.165, 1.54) is 19.2 Å². The maximum Gasteiger partial charge on any atom is 0.335 e. The van der Waals surface area contributed by atoms with Gasteiger partial charge in [-0.05, 0) is 73.7 Å². The molecule has 0 spiro atoms. The minimum absolute atomic E-state index is 0.0322. The predicted molar refractivity (Wildman–Crippen MR) is 119 cm³/mol. The smallest absolute Gasteiger partial charge is 0.335 e. The van der Waals surface area contributed by atoms with Crippen LogP contribution in [0.5, 0.6) is 11.5 Å².